The first-order chi connectivity index (χ1) is 17.6. The summed E-state index contributed by atoms with van der Waals surface area (Å²) in [6.07, 6.45) is 2.91. The Labute approximate surface area is 215 Å². The fourth-order valence-corrected chi connectivity index (χ4v) is 3.38. The van der Waals surface area contributed by atoms with E-state index in [1.165, 1.54) is 19.2 Å². The van der Waals surface area contributed by atoms with E-state index in [1.54, 1.807) is 38.1 Å². The number of rotatable bonds is 13. The number of hydrogen-bond acceptors (Lipinski definition) is 7. The fourth-order valence-electron chi connectivity index (χ4n) is 3.38. The number of ether oxygens (including phenoxy) is 1. The van der Waals surface area contributed by atoms with Crippen LogP contribution >= 0.6 is 0 Å². The number of nitrogens with one attached hydrogen (secondary N) is 4. The van der Waals surface area contributed by atoms with Gasteiger partial charge in [-0.2, -0.15) is 0 Å². The second-order valence-corrected chi connectivity index (χ2v) is 8.70. The summed E-state index contributed by atoms with van der Waals surface area (Å²) in [5.41, 5.74) is 1.24. The van der Waals surface area contributed by atoms with Crippen LogP contribution in [-0.4, -0.2) is 66.7 Å². The van der Waals surface area contributed by atoms with Crippen LogP contribution in [0.2, 0.25) is 0 Å². The molecule has 1 aliphatic heterocycles. The summed E-state index contributed by atoms with van der Waals surface area (Å²) < 4.78 is 4.94. The maximum absolute atomic E-state index is 12.6. The third kappa shape index (κ3) is 9.74. The predicted octanol–water partition coefficient (Wildman–Crippen LogP) is 0.833. The van der Waals surface area contributed by atoms with Gasteiger partial charge in [0.05, 0.1) is 6.54 Å². The van der Waals surface area contributed by atoms with Crippen LogP contribution in [0.1, 0.15) is 38.7 Å². The Morgan fingerprint density at radius 3 is 2.19 bits per heavy atom. The van der Waals surface area contributed by atoms with Crippen molar-refractivity contribution in [1.29, 1.82) is 0 Å². The zero-order chi connectivity index (χ0) is 27.4. The Morgan fingerprint density at radius 1 is 0.946 bits per heavy atom. The topological polar surface area (TPSA) is 163 Å². The molecule has 12 heteroatoms. The highest BCUT2D eigenvalue weighted by molar-refractivity contribution is 6.12. The van der Waals surface area contributed by atoms with Crippen LogP contribution in [0.3, 0.4) is 0 Å². The Morgan fingerprint density at radius 2 is 1.59 bits per heavy atom. The number of unbranched alkanes of at least 4 members (excludes halogenated alkanes) is 1. The number of carbonyl (C=O) groups excluding carboxylic acids is 6. The third-order valence-electron chi connectivity index (χ3n) is 5.44. The van der Waals surface area contributed by atoms with E-state index in [0.29, 0.717) is 18.5 Å². The van der Waals surface area contributed by atoms with Crippen molar-refractivity contribution in [1.82, 2.24) is 20.9 Å². The number of anilines is 1. The van der Waals surface area contributed by atoms with Gasteiger partial charge < -0.3 is 26.0 Å². The molecule has 1 unspecified atom stereocenters. The highest BCUT2D eigenvalue weighted by atomic mass is 16.5. The van der Waals surface area contributed by atoms with Crippen LogP contribution in [0.4, 0.5) is 10.5 Å². The van der Waals surface area contributed by atoms with E-state index in [4.69, 9.17) is 4.74 Å². The van der Waals surface area contributed by atoms with Gasteiger partial charge in [-0.15, -0.1) is 0 Å². The number of nitrogens with zero attached hydrogens (tertiary/aromatic N) is 1. The summed E-state index contributed by atoms with van der Waals surface area (Å²) in [5, 5.41) is 10.2. The minimum atomic E-state index is -0.828. The van der Waals surface area contributed by atoms with E-state index in [2.05, 4.69) is 21.3 Å². The molecule has 1 aromatic rings. The van der Waals surface area contributed by atoms with Gasteiger partial charge >= 0.3 is 6.09 Å². The summed E-state index contributed by atoms with van der Waals surface area (Å²) in [7, 11) is 1.46. The summed E-state index contributed by atoms with van der Waals surface area (Å²) in [6, 6.07) is 5.85. The summed E-state index contributed by atoms with van der Waals surface area (Å²) >= 11 is 0. The van der Waals surface area contributed by atoms with Crippen LogP contribution in [0, 0.1) is 5.92 Å². The molecule has 12 nitrogen and oxygen atoms in total. The average molecular weight is 516 g/mol. The minimum Gasteiger partial charge on any atom is -0.445 e. The van der Waals surface area contributed by atoms with E-state index in [0.717, 1.165) is 10.5 Å². The van der Waals surface area contributed by atoms with Crippen molar-refractivity contribution in [3.63, 3.8) is 0 Å². The largest absolute Gasteiger partial charge is 0.445 e. The molecular weight excluding hydrogens is 482 g/mol. The minimum absolute atomic E-state index is 0.0849. The lowest BCUT2D eigenvalue weighted by molar-refractivity contribution is -0.136. The van der Waals surface area contributed by atoms with Crippen molar-refractivity contribution in [2.45, 2.75) is 45.8 Å². The number of amides is 6. The Hall–Kier alpha value is -4.22. The second-order valence-electron chi connectivity index (χ2n) is 8.70. The van der Waals surface area contributed by atoms with E-state index in [9.17, 15) is 28.8 Å². The molecule has 2 rings (SSSR count). The second kappa shape index (κ2) is 14.4. The van der Waals surface area contributed by atoms with Crippen molar-refractivity contribution in [3.8, 4) is 0 Å². The molecule has 37 heavy (non-hydrogen) atoms. The van der Waals surface area contributed by atoms with Crippen LogP contribution in [-0.2, 0) is 35.3 Å². The normalized spacial score (nSPS) is 13.4. The maximum Gasteiger partial charge on any atom is 0.407 e. The fraction of sp³-hybridized carbons (Fsp3) is 0.440. The lowest BCUT2D eigenvalue weighted by atomic mass is 10.0. The Bertz CT molecular complexity index is 1020. The van der Waals surface area contributed by atoms with Gasteiger partial charge in [-0.05, 0) is 36.5 Å². The molecule has 1 aromatic carbocycles. The third-order valence-corrected chi connectivity index (χ3v) is 5.44. The van der Waals surface area contributed by atoms with Crippen molar-refractivity contribution < 1.29 is 33.5 Å². The summed E-state index contributed by atoms with van der Waals surface area (Å²) in [4.78, 5) is 72.5. The Balaban J connectivity index is 1.72. The van der Waals surface area contributed by atoms with Crippen LogP contribution < -0.4 is 21.3 Å². The Kier molecular flexibility index (Phi) is 11.3. The maximum atomic E-state index is 12.6. The van der Waals surface area contributed by atoms with Crippen molar-refractivity contribution >= 4 is 41.3 Å². The molecule has 6 amide bonds. The molecule has 0 aromatic heterocycles. The van der Waals surface area contributed by atoms with Crippen LogP contribution in [0.25, 0.3) is 0 Å². The predicted molar refractivity (Wildman–Crippen MR) is 134 cm³/mol. The molecule has 0 aliphatic carbocycles. The standard InChI is InChI=1S/C25H33N5O7/c1-16(2)23(29-19(31)6-4-5-13-30-21(33)11-12-22(30)34)24(35)27-14-20(32)28-18-9-7-17(8-10-18)15-37-25(36)26-3/h7-12,16,23H,4-6,13-15H2,1-3H3,(H,26,36)(H,27,35)(H,28,32)(H,29,31). The van der Waals surface area contributed by atoms with Crippen molar-refractivity contribution in [3.05, 3.63) is 42.0 Å². The molecule has 0 spiro atoms. The number of alkyl carbamates (subject to hydrolysis) is 1. The van der Waals surface area contributed by atoms with Crippen molar-refractivity contribution in [2.24, 2.45) is 5.92 Å². The number of hydrogen-bond donors (Lipinski definition) is 4. The highest BCUT2D eigenvalue weighted by Gasteiger charge is 2.25. The number of imide groups is 1. The number of benzene rings is 1. The summed E-state index contributed by atoms with van der Waals surface area (Å²) in [6.45, 7) is 3.58. The van der Waals surface area contributed by atoms with Gasteiger partial charge in [-0.1, -0.05) is 26.0 Å². The van der Waals surface area contributed by atoms with E-state index < -0.39 is 23.9 Å². The molecule has 0 radical (unpaired) electrons. The zero-order valence-corrected chi connectivity index (χ0v) is 21.2. The smallest absolute Gasteiger partial charge is 0.407 e. The highest BCUT2D eigenvalue weighted by Crippen LogP contribution is 2.11. The van der Waals surface area contributed by atoms with Crippen LogP contribution in [0.15, 0.2) is 36.4 Å². The molecule has 1 atom stereocenters. The van der Waals surface area contributed by atoms with E-state index >= 15 is 0 Å². The van der Waals surface area contributed by atoms with E-state index in [1.807, 2.05) is 0 Å². The zero-order valence-electron chi connectivity index (χ0n) is 21.2. The van der Waals surface area contributed by atoms with Gasteiger partial charge in [0.2, 0.25) is 17.7 Å². The molecule has 200 valence electrons. The van der Waals surface area contributed by atoms with Crippen LogP contribution in [0.5, 0.6) is 0 Å². The van der Waals surface area contributed by atoms with E-state index in [-0.39, 0.29) is 49.8 Å². The molecule has 1 aliphatic rings. The summed E-state index contributed by atoms with van der Waals surface area (Å²) in [5.74, 6) is -2.21. The molecule has 4 N–H and O–H groups in total. The lowest BCUT2D eigenvalue weighted by Crippen LogP contribution is -2.51. The number of carbonyl (C=O) groups is 6. The van der Waals surface area contributed by atoms with Gasteiger partial charge in [0.25, 0.3) is 11.8 Å². The quantitative estimate of drug-likeness (QED) is 0.223. The molecule has 0 bridgehead atoms. The molecule has 0 saturated heterocycles. The first-order valence-electron chi connectivity index (χ1n) is 11.9. The van der Waals surface area contributed by atoms with Gasteiger partial charge in [-0.3, -0.25) is 28.9 Å². The van der Waals surface area contributed by atoms with Crippen molar-refractivity contribution in [2.75, 3.05) is 25.5 Å². The van der Waals surface area contributed by atoms with Gasteiger partial charge in [0.15, 0.2) is 0 Å². The molecule has 0 saturated carbocycles. The average Bonchev–Trinajstić information content (AvgIpc) is 3.19. The molecular formula is C25H33N5O7. The molecule has 0 fully saturated rings. The monoisotopic (exact) mass is 515 g/mol. The molecule has 1 heterocycles. The van der Waals surface area contributed by atoms with Gasteiger partial charge in [0, 0.05) is 37.9 Å². The van der Waals surface area contributed by atoms with Gasteiger partial charge in [0.1, 0.15) is 12.6 Å². The first kappa shape index (κ1) is 29.0. The SMILES string of the molecule is CNC(=O)OCc1ccc(NC(=O)CNC(=O)C(NC(=O)CCCCN2C(=O)C=CC2=O)C(C)C)cc1. The van der Waals surface area contributed by atoms with Gasteiger partial charge in [-0.25, -0.2) is 4.79 Å². The lowest BCUT2D eigenvalue weighted by Gasteiger charge is -2.22. The first-order valence-corrected chi connectivity index (χ1v) is 11.9.